The van der Waals surface area contributed by atoms with E-state index >= 15 is 0 Å². The summed E-state index contributed by atoms with van der Waals surface area (Å²) in [6, 6.07) is 19.3. The highest BCUT2D eigenvalue weighted by atomic mass is 35.5. The third-order valence-electron chi connectivity index (χ3n) is 7.38. The molecule has 1 aromatic heterocycles. The number of nitrogens with zero attached hydrogens (tertiary/aromatic N) is 3. The smallest absolute Gasteiger partial charge is 0.264 e. The van der Waals surface area contributed by atoms with Crippen molar-refractivity contribution in [1.29, 1.82) is 0 Å². The van der Waals surface area contributed by atoms with Gasteiger partial charge in [-0.25, -0.2) is 0 Å². The molecule has 1 amide bonds. The normalized spacial score (nSPS) is 16.6. The number of thiophene rings is 1. The molecular formula is C30H35Cl2N3O3S. The quantitative estimate of drug-likeness (QED) is 0.214. The number of hydrogen-bond donors (Lipinski definition) is 1. The lowest BCUT2D eigenvalue weighted by Gasteiger charge is -2.39. The molecule has 1 aliphatic rings. The van der Waals surface area contributed by atoms with Gasteiger partial charge in [0.25, 0.3) is 5.91 Å². The molecule has 0 spiro atoms. The summed E-state index contributed by atoms with van der Waals surface area (Å²) in [5.74, 6) is -0.198. The number of piperidine rings is 1. The summed E-state index contributed by atoms with van der Waals surface area (Å²) in [4.78, 5) is 24.2. The number of rotatable bonds is 10. The molecule has 1 N–H and O–H groups in total. The lowest BCUT2D eigenvalue weighted by atomic mass is 9.84. The van der Waals surface area contributed by atoms with Crippen molar-refractivity contribution in [2.45, 2.75) is 37.7 Å². The first-order chi connectivity index (χ1) is 18.7. The van der Waals surface area contributed by atoms with Gasteiger partial charge in [-0.2, -0.15) is 0 Å². The number of carbonyl (C=O) groups excluding carboxylic acids is 1. The molecule has 1 fully saturated rings. The van der Waals surface area contributed by atoms with Crippen LogP contribution in [0.5, 0.6) is 0 Å². The lowest BCUT2D eigenvalue weighted by Crippen LogP contribution is -2.43. The number of benzene rings is 2. The maximum Gasteiger partial charge on any atom is 0.264 e. The van der Waals surface area contributed by atoms with Crippen LogP contribution in [0.3, 0.4) is 0 Å². The van der Waals surface area contributed by atoms with E-state index in [0.717, 1.165) is 47.8 Å². The molecular weight excluding hydrogens is 553 g/mol. The molecule has 1 atom stereocenters. The standard InChI is InChI=1S/C30H35Cl2N3O3S/c1-21-9-12-28(39-21)29(36)34(2)20-27(33-38-3)24(22-10-11-25(31)26(32)19-22)13-16-35-17-14-30(37,15-18-35)23-7-5-4-6-8-23/h4-12,19,24,37H,13-18,20H2,1-3H3/b33-27+. The van der Waals surface area contributed by atoms with Gasteiger partial charge in [0.2, 0.25) is 0 Å². The third-order valence-corrected chi connectivity index (χ3v) is 9.11. The summed E-state index contributed by atoms with van der Waals surface area (Å²) in [5.41, 5.74) is 1.87. The van der Waals surface area contributed by atoms with Crippen LogP contribution in [0, 0.1) is 6.92 Å². The number of carbonyl (C=O) groups is 1. The average Bonchev–Trinajstić information content (AvgIpc) is 3.38. The van der Waals surface area contributed by atoms with Gasteiger partial charge in [0.1, 0.15) is 7.11 Å². The predicted molar refractivity (Wildman–Crippen MR) is 160 cm³/mol. The topological polar surface area (TPSA) is 65.4 Å². The molecule has 1 unspecified atom stereocenters. The third kappa shape index (κ3) is 7.41. The minimum atomic E-state index is -0.799. The highest BCUT2D eigenvalue weighted by molar-refractivity contribution is 7.13. The maximum absolute atomic E-state index is 13.1. The maximum atomic E-state index is 13.1. The van der Waals surface area contributed by atoms with Crippen molar-refractivity contribution >= 4 is 46.2 Å². The van der Waals surface area contributed by atoms with Gasteiger partial charge in [-0.1, -0.05) is 64.8 Å². The van der Waals surface area contributed by atoms with Crippen LogP contribution in [0.15, 0.2) is 65.8 Å². The zero-order valence-corrected chi connectivity index (χ0v) is 24.9. The van der Waals surface area contributed by atoms with Crippen LogP contribution < -0.4 is 0 Å². The number of likely N-dealkylation sites (tertiary alicyclic amines) is 1. The first kappa shape index (κ1) is 29.6. The van der Waals surface area contributed by atoms with Crippen molar-refractivity contribution < 1.29 is 14.7 Å². The second-order valence-electron chi connectivity index (χ2n) is 10.1. The SMILES string of the molecule is CO/N=C(\CN(C)C(=O)c1ccc(C)s1)C(CCN1CCC(O)(c2ccccc2)CC1)c1ccc(Cl)c(Cl)c1. The van der Waals surface area contributed by atoms with Crippen LogP contribution >= 0.6 is 34.5 Å². The molecule has 2 heterocycles. The van der Waals surface area contributed by atoms with Crippen LogP contribution in [0.25, 0.3) is 0 Å². The number of aliphatic hydroxyl groups is 1. The molecule has 9 heteroatoms. The fourth-order valence-corrected chi connectivity index (χ4v) is 6.29. The Morgan fingerprint density at radius 1 is 1.13 bits per heavy atom. The minimum absolute atomic E-state index is 0.0546. The highest BCUT2D eigenvalue weighted by Crippen LogP contribution is 2.34. The molecule has 2 aromatic carbocycles. The number of halogens is 2. The van der Waals surface area contributed by atoms with E-state index < -0.39 is 5.60 Å². The van der Waals surface area contributed by atoms with Gasteiger partial charge in [-0.3, -0.25) is 4.79 Å². The van der Waals surface area contributed by atoms with Crippen LogP contribution in [0.1, 0.15) is 50.9 Å². The summed E-state index contributed by atoms with van der Waals surface area (Å²) < 4.78 is 0. The predicted octanol–water partition coefficient (Wildman–Crippen LogP) is 6.60. The van der Waals surface area contributed by atoms with Crippen LogP contribution in [-0.4, -0.2) is 66.9 Å². The van der Waals surface area contributed by atoms with Crippen LogP contribution in [0.2, 0.25) is 10.0 Å². The summed E-state index contributed by atoms with van der Waals surface area (Å²) in [5, 5.41) is 16.6. The number of oxime groups is 1. The van der Waals surface area contributed by atoms with Gasteiger partial charge in [0, 0.05) is 30.9 Å². The van der Waals surface area contributed by atoms with Gasteiger partial charge < -0.3 is 19.7 Å². The molecule has 1 aliphatic heterocycles. The molecule has 4 rings (SSSR count). The Hall–Kier alpha value is -2.42. The Bertz CT molecular complexity index is 1290. The van der Waals surface area contributed by atoms with Crippen LogP contribution in [0.4, 0.5) is 0 Å². The Balaban J connectivity index is 1.50. The van der Waals surface area contributed by atoms with Crippen LogP contribution in [-0.2, 0) is 10.4 Å². The molecule has 0 saturated carbocycles. The fourth-order valence-electron chi connectivity index (χ4n) is 5.12. The largest absolute Gasteiger partial charge is 0.399 e. The van der Waals surface area contributed by atoms with E-state index in [2.05, 4.69) is 10.1 Å². The molecule has 3 aromatic rings. The van der Waals surface area contributed by atoms with Gasteiger partial charge in [0.05, 0.1) is 32.8 Å². The van der Waals surface area contributed by atoms with E-state index in [0.29, 0.717) is 34.3 Å². The molecule has 6 nitrogen and oxygen atoms in total. The van der Waals surface area contributed by atoms with E-state index in [1.165, 1.54) is 18.4 Å². The van der Waals surface area contributed by atoms with E-state index in [-0.39, 0.29) is 11.8 Å². The monoisotopic (exact) mass is 587 g/mol. The Morgan fingerprint density at radius 2 is 1.85 bits per heavy atom. The van der Waals surface area contributed by atoms with E-state index in [4.69, 9.17) is 28.0 Å². The summed E-state index contributed by atoms with van der Waals surface area (Å²) in [6.07, 6.45) is 2.08. The summed E-state index contributed by atoms with van der Waals surface area (Å²) >= 11 is 14.1. The second kappa shape index (κ2) is 13.3. The van der Waals surface area contributed by atoms with Crippen molar-refractivity contribution in [3.8, 4) is 0 Å². The van der Waals surface area contributed by atoms with E-state index in [1.807, 2.05) is 61.5 Å². The molecule has 0 radical (unpaired) electrons. The molecule has 39 heavy (non-hydrogen) atoms. The zero-order chi connectivity index (χ0) is 28.0. The van der Waals surface area contributed by atoms with Crippen molar-refractivity contribution in [3.63, 3.8) is 0 Å². The van der Waals surface area contributed by atoms with Gasteiger partial charge in [-0.15, -0.1) is 11.3 Å². The van der Waals surface area contributed by atoms with E-state index in [9.17, 15) is 9.90 Å². The second-order valence-corrected chi connectivity index (χ2v) is 12.2. The van der Waals surface area contributed by atoms with Gasteiger partial charge in [0.15, 0.2) is 0 Å². The van der Waals surface area contributed by atoms with Crippen molar-refractivity contribution in [2.75, 3.05) is 40.3 Å². The van der Waals surface area contributed by atoms with Gasteiger partial charge in [-0.05, 0) is 68.1 Å². The molecule has 0 aliphatic carbocycles. The summed E-state index contributed by atoms with van der Waals surface area (Å²) in [6.45, 7) is 4.65. The zero-order valence-electron chi connectivity index (χ0n) is 22.6. The average molecular weight is 589 g/mol. The molecule has 0 bridgehead atoms. The fraction of sp³-hybridized carbons (Fsp3) is 0.400. The number of amides is 1. The Morgan fingerprint density at radius 3 is 2.46 bits per heavy atom. The molecule has 1 saturated heterocycles. The lowest BCUT2D eigenvalue weighted by molar-refractivity contribution is -0.0261. The van der Waals surface area contributed by atoms with Gasteiger partial charge >= 0.3 is 0 Å². The number of aryl methyl sites for hydroxylation is 1. The first-order valence-electron chi connectivity index (χ1n) is 13.1. The van der Waals surface area contributed by atoms with Crippen molar-refractivity contribution in [2.24, 2.45) is 5.16 Å². The van der Waals surface area contributed by atoms with Crippen molar-refractivity contribution in [3.05, 3.63) is 91.6 Å². The Labute approximate surface area is 244 Å². The van der Waals surface area contributed by atoms with E-state index in [1.54, 1.807) is 18.0 Å². The summed E-state index contributed by atoms with van der Waals surface area (Å²) in [7, 11) is 3.30. The Kier molecular flexibility index (Phi) is 10.1. The van der Waals surface area contributed by atoms with Crippen molar-refractivity contribution in [1.82, 2.24) is 9.80 Å². The molecule has 208 valence electrons. The number of hydrogen-bond acceptors (Lipinski definition) is 6. The minimum Gasteiger partial charge on any atom is -0.399 e. The highest BCUT2D eigenvalue weighted by Gasteiger charge is 2.34. The first-order valence-corrected chi connectivity index (χ1v) is 14.6.